The number of aromatic nitrogens is 3. The summed E-state index contributed by atoms with van der Waals surface area (Å²) in [6, 6.07) is 15.4. The number of amides is 2. The molecular weight excluding hydrogens is 623 g/mol. The van der Waals surface area contributed by atoms with Crippen LogP contribution in [0.1, 0.15) is 62.4 Å². The molecule has 2 heterocycles. The van der Waals surface area contributed by atoms with Crippen molar-refractivity contribution in [2.75, 3.05) is 29.9 Å². The van der Waals surface area contributed by atoms with Crippen LogP contribution in [-0.4, -0.2) is 57.8 Å². The summed E-state index contributed by atoms with van der Waals surface area (Å²) in [5.41, 5.74) is 4.40. The van der Waals surface area contributed by atoms with E-state index in [2.05, 4.69) is 31.1 Å². The Labute approximate surface area is 267 Å². The van der Waals surface area contributed by atoms with Gasteiger partial charge in [-0.25, -0.2) is 10.1 Å². The van der Waals surface area contributed by atoms with Gasteiger partial charge < -0.3 is 15.3 Å². The number of nitrogens with zero attached hydrogens (tertiary/aromatic N) is 5. The van der Waals surface area contributed by atoms with Gasteiger partial charge in [-0.05, 0) is 72.9 Å². The van der Waals surface area contributed by atoms with Crippen LogP contribution < -0.4 is 15.6 Å². The van der Waals surface area contributed by atoms with Crippen LogP contribution >= 0.6 is 11.6 Å². The van der Waals surface area contributed by atoms with E-state index in [0.717, 1.165) is 62.0 Å². The number of anilines is 2. The molecule has 10 nitrogen and oxygen atoms in total. The molecule has 0 aliphatic carbocycles. The lowest BCUT2D eigenvalue weighted by Gasteiger charge is -2.29. The average Bonchev–Trinajstić information content (AvgIpc) is 3.48. The Bertz CT molecular complexity index is 1740. The highest BCUT2D eigenvalue weighted by Crippen LogP contribution is 2.35. The lowest BCUT2D eigenvalue weighted by Crippen LogP contribution is -2.30. The second kappa shape index (κ2) is 14.6. The Hall–Kier alpha value is -4.75. The van der Waals surface area contributed by atoms with E-state index in [4.69, 9.17) is 16.7 Å². The normalized spacial score (nSPS) is 13.6. The monoisotopic (exact) mass is 653 g/mol. The van der Waals surface area contributed by atoms with Gasteiger partial charge in [0, 0.05) is 43.6 Å². The van der Waals surface area contributed by atoms with Gasteiger partial charge in [-0.3, -0.25) is 9.59 Å². The van der Waals surface area contributed by atoms with E-state index in [9.17, 15) is 22.8 Å². The van der Waals surface area contributed by atoms with Crippen molar-refractivity contribution in [1.29, 1.82) is 0 Å². The Morgan fingerprint density at radius 1 is 1.02 bits per heavy atom. The van der Waals surface area contributed by atoms with Gasteiger partial charge in [0.1, 0.15) is 0 Å². The molecule has 3 aromatic carbocycles. The highest BCUT2D eigenvalue weighted by atomic mass is 35.5. The van der Waals surface area contributed by atoms with Crippen LogP contribution in [0, 0.1) is 0 Å². The molecule has 1 fully saturated rings. The fourth-order valence-corrected chi connectivity index (χ4v) is 5.31. The second-order valence-electron chi connectivity index (χ2n) is 10.7. The Morgan fingerprint density at radius 2 is 1.83 bits per heavy atom. The summed E-state index contributed by atoms with van der Waals surface area (Å²) in [5.74, 6) is -1.11. The van der Waals surface area contributed by atoms with E-state index in [-0.39, 0.29) is 23.4 Å². The summed E-state index contributed by atoms with van der Waals surface area (Å²) < 4.78 is 41.4. The number of carbonyl (C=O) groups is 2. The number of piperidine rings is 1. The third kappa shape index (κ3) is 8.29. The van der Waals surface area contributed by atoms with Gasteiger partial charge in [0.15, 0.2) is 0 Å². The van der Waals surface area contributed by atoms with Crippen molar-refractivity contribution in [2.45, 2.75) is 38.4 Å². The first kappa shape index (κ1) is 32.6. The number of carbonyl (C=O) groups excluding carboxylic acids is 2. The molecule has 0 radical (unpaired) electrons. The zero-order valence-electron chi connectivity index (χ0n) is 24.6. The summed E-state index contributed by atoms with van der Waals surface area (Å²) in [6.45, 7) is 1.96. The first-order chi connectivity index (χ1) is 22.1. The third-order valence-electron chi connectivity index (χ3n) is 7.38. The molecule has 0 bridgehead atoms. The lowest BCUT2D eigenvalue weighted by molar-refractivity contribution is -0.137. The van der Waals surface area contributed by atoms with Gasteiger partial charge in [-0.15, -0.1) is 5.10 Å². The van der Waals surface area contributed by atoms with E-state index in [1.807, 2.05) is 12.1 Å². The zero-order valence-corrected chi connectivity index (χ0v) is 25.4. The average molecular weight is 654 g/mol. The fraction of sp³-hybridized carbons (Fsp3) is 0.281. The fourth-order valence-electron chi connectivity index (χ4n) is 5.08. The summed E-state index contributed by atoms with van der Waals surface area (Å²) >= 11 is 5.70. The van der Waals surface area contributed by atoms with Gasteiger partial charge in [0.05, 0.1) is 40.3 Å². The number of hydrogen-bond donors (Lipinski definition) is 3. The summed E-state index contributed by atoms with van der Waals surface area (Å²) in [6.07, 6.45) is 1.70. The van der Waals surface area contributed by atoms with Crippen molar-refractivity contribution < 1.29 is 27.9 Å². The van der Waals surface area contributed by atoms with Crippen molar-refractivity contribution in [1.82, 2.24) is 20.4 Å². The van der Waals surface area contributed by atoms with Crippen molar-refractivity contribution in [3.63, 3.8) is 0 Å². The minimum absolute atomic E-state index is 0.0368. The molecule has 46 heavy (non-hydrogen) atoms. The van der Waals surface area contributed by atoms with Crippen LogP contribution in [-0.2, 0) is 19.1 Å². The predicted octanol–water partition coefficient (Wildman–Crippen LogP) is 5.54. The number of hydrogen-bond acceptors (Lipinski definition) is 7. The van der Waals surface area contributed by atoms with Crippen LogP contribution in [0.25, 0.3) is 0 Å². The number of alkyl halides is 3. The van der Waals surface area contributed by atoms with Crippen molar-refractivity contribution >= 4 is 41.0 Å². The van der Waals surface area contributed by atoms with Crippen molar-refractivity contribution in [3.05, 3.63) is 105 Å². The molecule has 4 aromatic rings. The van der Waals surface area contributed by atoms with Crippen LogP contribution in [0.5, 0.6) is 0 Å². The maximum absolute atomic E-state index is 13.4. The lowest BCUT2D eigenvalue weighted by atomic mass is 10.1. The molecule has 1 saturated heterocycles. The van der Waals surface area contributed by atoms with Crippen LogP contribution in [0.2, 0.25) is 5.02 Å². The second-order valence-corrected chi connectivity index (χ2v) is 11.2. The van der Waals surface area contributed by atoms with E-state index >= 15 is 0 Å². The van der Waals surface area contributed by atoms with Gasteiger partial charge >= 0.3 is 6.18 Å². The van der Waals surface area contributed by atoms with Gasteiger partial charge in [-0.2, -0.15) is 18.3 Å². The molecule has 5 rings (SSSR count). The standard InChI is InChI=1S/C32H31ClF3N7O3/c33-28-9-7-21(16-27(28)32(34,35)36)18-37-40-31(46)26-17-25(42-12-2-1-3-13-42)8-10-29(26)38-30(45)23-6-4-5-22(15-23)19-43-20-24(11-14-44)39-41-43/h4-10,15-18,20,44H,1-3,11-14,19H2,(H,38,45)(H,40,46)/b37-18-. The van der Waals surface area contributed by atoms with Gasteiger partial charge in [0.25, 0.3) is 11.8 Å². The molecule has 0 spiro atoms. The number of halogens is 4. The maximum atomic E-state index is 13.4. The maximum Gasteiger partial charge on any atom is 0.417 e. The zero-order chi connectivity index (χ0) is 32.7. The van der Waals surface area contributed by atoms with Crippen LogP contribution in [0.3, 0.4) is 0 Å². The molecule has 3 N–H and O–H groups in total. The SMILES string of the molecule is O=C(Nc1ccc(N2CCCCC2)cc1C(=O)N/N=C\c1ccc(Cl)c(C(F)(F)F)c1)c1cccc(Cn2cc(CCO)nn2)c1. The first-order valence-electron chi connectivity index (χ1n) is 14.6. The molecule has 0 atom stereocenters. The summed E-state index contributed by atoms with van der Waals surface area (Å²) in [7, 11) is 0. The molecule has 1 aliphatic rings. The predicted molar refractivity (Wildman–Crippen MR) is 168 cm³/mol. The number of aliphatic hydroxyl groups excluding tert-OH is 1. The van der Waals surface area contributed by atoms with E-state index < -0.39 is 28.6 Å². The topological polar surface area (TPSA) is 125 Å². The van der Waals surface area contributed by atoms with E-state index in [1.165, 1.54) is 6.07 Å². The van der Waals surface area contributed by atoms with Gasteiger partial charge in [0.2, 0.25) is 0 Å². The molecule has 1 aromatic heterocycles. The smallest absolute Gasteiger partial charge is 0.396 e. The van der Waals surface area contributed by atoms with Crippen molar-refractivity contribution in [2.24, 2.45) is 5.10 Å². The number of aliphatic hydroxyl groups is 1. The molecule has 1 aliphatic heterocycles. The van der Waals surface area contributed by atoms with Crippen LogP contribution in [0.15, 0.2) is 72.0 Å². The molecular formula is C32H31ClF3N7O3. The minimum atomic E-state index is -4.65. The quantitative estimate of drug-likeness (QED) is 0.153. The number of hydrazone groups is 1. The molecule has 2 amide bonds. The largest absolute Gasteiger partial charge is 0.417 e. The Kier molecular flexibility index (Phi) is 10.3. The molecule has 240 valence electrons. The van der Waals surface area contributed by atoms with Crippen molar-refractivity contribution in [3.8, 4) is 0 Å². The number of nitrogens with one attached hydrogen (secondary N) is 2. The Morgan fingerprint density at radius 3 is 2.59 bits per heavy atom. The highest BCUT2D eigenvalue weighted by Gasteiger charge is 2.33. The minimum Gasteiger partial charge on any atom is -0.396 e. The number of benzene rings is 3. The van der Waals surface area contributed by atoms with E-state index in [0.29, 0.717) is 24.2 Å². The first-order valence-corrected chi connectivity index (χ1v) is 15.0. The highest BCUT2D eigenvalue weighted by molar-refractivity contribution is 6.31. The van der Waals surface area contributed by atoms with Gasteiger partial charge in [-0.1, -0.05) is 35.0 Å². The van der Waals surface area contributed by atoms with Crippen LogP contribution in [0.4, 0.5) is 24.5 Å². The van der Waals surface area contributed by atoms with E-state index in [1.54, 1.807) is 41.2 Å². The third-order valence-corrected chi connectivity index (χ3v) is 7.71. The number of rotatable bonds is 10. The molecule has 14 heteroatoms. The molecule has 0 unspecified atom stereocenters. The summed E-state index contributed by atoms with van der Waals surface area (Å²) in [5, 5.41) is 23.4. The Balaban J connectivity index is 1.35. The molecule has 0 saturated carbocycles. The summed E-state index contributed by atoms with van der Waals surface area (Å²) in [4.78, 5) is 28.9.